The monoisotopic (exact) mass is 440 g/mol. The number of hydrogen-bond donors (Lipinski definition) is 1. The van der Waals surface area contributed by atoms with Crippen molar-refractivity contribution in [2.45, 2.75) is 25.8 Å². The van der Waals surface area contributed by atoms with Crippen molar-refractivity contribution in [3.8, 4) is 11.3 Å². The van der Waals surface area contributed by atoms with Gasteiger partial charge in [0.15, 0.2) is 5.65 Å². The highest BCUT2D eigenvalue weighted by Gasteiger charge is 2.19. The minimum atomic E-state index is 0.497. The third kappa shape index (κ3) is 2.76. The van der Waals surface area contributed by atoms with Gasteiger partial charge in [0.05, 0.1) is 23.6 Å². The lowest BCUT2D eigenvalue weighted by molar-refractivity contribution is 0.343. The van der Waals surface area contributed by atoms with Crippen LogP contribution in [0, 0.1) is 6.92 Å². The molecule has 0 aliphatic carbocycles. The molecule has 6 nitrogen and oxygen atoms in total. The summed E-state index contributed by atoms with van der Waals surface area (Å²) in [5.74, 6) is 0. The maximum absolute atomic E-state index is 4.61. The van der Waals surface area contributed by atoms with Crippen LogP contribution in [0.3, 0.4) is 0 Å². The number of nitrogens with one attached hydrogen (secondary N) is 1. The Kier molecular flexibility index (Phi) is 4.29. The molecule has 3 aromatic rings. The number of rotatable bonds is 3. The topological polar surface area (TPSA) is 60.6 Å². The number of aromatic nitrogens is 5. The van der Waals surface area contributed by atoms with Gasteiger partial charge in [0.1, 0.15) is 6.33 Å². The Morgan fingerprint density at radius 2 is 2.13 bits per heavy atom. The summed E-state index contributed by atoms with van der Waals surface area (Å²) in [6.07, 6.45) is 8.02. The molecule has 1 aliphatic rings. The molecule has 0 radical (unpaired) electrons. The predicted octanol–water partition coefficient (Wildman–Crippen LogP) is 3.37. The first-order valence-corrected chi connectivity index (χ1v) is 11.0. The first-order chi connectivity index (χ1) is 11.3. The van der Waals surface area contributed by atoms with Crippen LogP contribution in [0.15, 0.2) is 24.8 Å². The van der Waals surface area contributed by atoms with Crippen molar-refractivity contribution in [1.29, 1.82) is 0 Å². The molecule has 1 aliphatic heterocycles. The summed E-state index contributed by atoms with van der Waals surface area (Å²) in [4.78, 5) is 8.75. The molecule has 1 saturated heterocycles. The van der Waals surface area contributed by atoms with E-state index in [9.17, 15) is 0 Å². The fraction of sp³-hybridized carbons (Fsp3) is 0.400. The molecule has 4 heterocycles. The highest BCUT2D eigenvalue weighted by molar-refractivity contribution is 14.2. The Hall–Kier alpha value is -1.13. The van der Waals surface area contributed by atoms with Gasteiger partial charge in [-0.05, 0) is 38.9 Å². The zero-order valence-electron chi connectivity index (χ0n) is 12.7. The van der Waals surface area contributed by atoms with Crippen LogP contribution < -0.4 is 5.32 Å². The maximum Gasteiger partial charge on any atom is 0.154 e. The zero-order valence-corrected chi connectivity index (χ0v) is 15.7. The Morgan fingerprint density at radius 3 is 2.91 bits per heavy atom. The van der Waals surface area contributed by atoms with Gasteiger partial charge in [-0.1, -0.05) is 0 Å². The number of aryl methyl sites for hydroxylation is 1. The third-order valence-corrected chi connectivity index (χ3v) is 6.09. The minimum absolute atomic E-state index is 0.497. The Balaban J connectivity index is 1.77. The van der Waals surface area contributed by atoms with Crippen LogP contribution in [-0.2, 0) is 0 Å². The van der Waals surface area contributed by atoms with Gasteiger partial charge in [-0.2, -0.15) is 5.10 Å². The van der Waals surface area contributed by atoms with Gasteiger partial charge < -0.3 is 5.32 Å². The average Bonchev–Trinajstić information content (AvgIpc) is 3.20. The van der Waals surface area contributed by atoms with E-state index in [1.165, 1.54) is 0 Å². The molecule has 4 rings (SSSR count). The van der Waals surface area contributed by atoms with E-state index in [-0.39, 0.29) is 0 Å². The van der Waals surface area contributed by atoms with Crippen molar-refractivity contribution in [2.24, 2.45) is 0 Å². The molecule has 120 valence electrons. The van der Waals surface area contributed by atoms with Crippen molar-refractivity contribution < 1.29 is 0 Å². The summed E-state index contributed by atoms with van der Waals surface area (Å²) in [7, 11) is 1.63. The largest absolute Gasteiger partial charge is 0.317 e. The van der Waals surface area contributed by atoms with Gasteiger partial charge >= 0.3 is 0 Å². The van der Waals surface area contributed by atoms with E-state index in [0.29, 0.717) is 6.04 Å². The van der Waals surface area contributed by atoms with Gasteiger partial charge in [-0.3, -0.25) is 8.65 Å². The molecule has 1 N–H and O–H groups in total. The van der Waals surface area contributed by atoms with Crippen LogP contribution in [0.25, 0.3) is 22.3 Å². The number of fused-ring (bicyclic) bond motifs is 1. The number of nitrogens with zero attached hydrogens (tertiary/aromatic N) is 5. The molecule has 0 unspecified atom stereocenters. The molecule has 0 spiro atoms. The second-order valence-electron chi connectivity index (χ2n) is 5.78. The summed E-state index contributed by atoms with van der Waals surface area (Å²) in [6, 6.07) is 2.66. The van der Waals surface area contributed by atoms with E-state index in [0.717, 1.165) is 53.9 Å². The second-order valence-corrected chi connectivity index (χ2v) is 7.46. The van der Waals surface area contributed by atoms with Crippen LogP contribution in [0.5, 0.6) is 0 Å². The minimum Gasteiger partial charge on any atom is -0.317 e. The van der Waals surface area contributed by atoms with E-state index in [1.807, 2.05) is 13.1 Å². The van der Waals surface area contributed by atoms with Crippen LogP contribution in [-0.4, -0.2) is 36.8 Å². The lowest BCUT2D eigenvalue weighted by Crippen LogP contribution is -2.29. The first-order valence-electron chi connectivity index (χ1n) is 7.65. The Bertz CT molecular complexity index is 836. The lowest BCUT2D eigenvalue weighted by atomic mass is 10.1. The molecule has 1 fully saturated rings. The fourth-order valence-electron chi connectivity index (χ4n) is 3.12. The summed E-state index contributed by atoms with van der Waals surface area (Å²) in [5, 5.41) is 9.11. The zero-order chi connectivity index (χ0) is 15.8. The van der Waals surface area contributed by atoms with E-state index in [1.54, 1.807) is 15.4 Å². The van der Waals surface area contributed by atoms with E-state index in [2.05, 4.69) is 62.5 Å². The fourth-order valence-corrected chi connectivity index (χ4v) is 4.76. The van der Waals surface area contributed by atoms with Crippen molar-refractivity contribution in [3.05, 3.63) is 30.5 Å². The summed E-state index contributed by atoms with van der Waals surface area (Å²) in [5.41, 5.74) is 4.22. The predicted molar refractivity (Wildman–Crippen MR) is 102 cm³/mol. The SMILES string of the molecule is Cc1ncnc2c1cc(-c1cnn(C3CCNCC3)c1)n2SI. The standard InChI is InChI=1S/C15H17IN6S/c1-10-13-6-14(22(23-16)15(13)19-9-18-10)11-7-20-21(8-11)12-2-4-17-5-3-12/h6-9,12,17H,2-5H2,1H3. The van der Waals surface area contributed by atoms with Crippen LogP contribution in [0.1, 0.15) is 24.6 Å². The summed E-state index contributed by atoms with van der Waals surface area (Å²) in [6.45, 7) is 4.16. The van der Waals surface area contributed by atoms with E-state index >= 15 is 0 Å². The number of piperidine rings is 1. The van der Waals surface area contributed by atoms with E-state index < -0.39 is 0 Å². The highest BCUT2D eigenvalue weighted by atomic mass is 127. The molecule has 0 aromatic carbocycles. The van der Waals surface area contributed by atoms with Gasteiger partial charge in [-0.15, -0.1) is 0 Å². The van der Waals surface area contributed by atoms with Gasteiger partial charge in [-0.25, -0.2) is 9.97 Å². The van der Waals surface area contributed by atoms with E-state index in [4.69, 9.17) is 0 Å². The molecular formula is C15H17IN6S. The van der Waals surface area contributed by atoms with Crippen LogP contribution in [0.4, 0.5) is 0 Å². The average molecular weight is 440 g/mol. The van der Waals surface area contributed by atoms with Crippen molar-refractivity contribution in [1.82, 2.24) is 29.0 Å². The molecule has 3 aromatic heterocycles. The Labute approximate surface area is 150 Å². The first kappa shape index (κ1) is 15.4. The molecule has 0 amide bonds. The molecular weight excluding hydrogens is 423 g/mol. The molecule has 0 saturated carbocycles. The van der Waals surface area contributed by atoms with Gasteiger partial charge in [0.2, 0.25) is 0 Å². The van der Waals surface area contributed by atoms with Crippen LogP contribution >= 0.6 is 30.3 Å². The third-order valence-electron chi connectivity index (χ3n) is 4.40. The lowest BCUT2D eigenvalue weighted by Gasteiger charge is -2.22. The molecule has 23 heavy (non-hydrogen) atoms. The summed E-state index contributed by atoms with van der Waals surface area (Å²) >= 11 is 2.30. The number of halogens is 1. The molecule has 0 atom stereocenters. The van der Waals surface area contributed by atoms with Crippen LogP contribution in [0.2, 0.25) is 0 Å². The Morgan fingerprint density at radius 1 is 1.30 bits per heavy atom. The molecule has 0 bridgehead atoms. The highest BCUT2D eigenvalue weighted by Crippen LogP contribution is 2.34. The van der Waals surface area contributed by atoms with Crippen molar-refractivity contribution in [2.75, 3.05) is 13.1 Å². The summed E-state index contributed by atoms with van der Waals surface area (Å²) < 4.78 is 4.27. The second kappa shape index (κ2) is 6.40. The van der Waals surface area contributed by atoms with Gasteiger partial charge in [0, 0.05) is 47.5 Å². The van der Waals surface area contributed by atoms with Crippen molar-refractivity contribution in [3.63, 3.8) is 0 Å². The maximum atomic E-state index is 4.61. The normalized spacial score (nSPS) is 16.3. The van der Waals surface area contributed by atoms with Gasteiger partial charge in [0.25, 0.3) is 0 Å². The smallest absolute Gasteiger partial charge is 0.154 e. The molecule has 8 heteroatoms. The van der Waals surface area contributed by atoms with Crippen molar-refractivity contribution >= 4 is 41.4 Å². The quantitative estimate of drug-likeness (QED) is 0.633. The number of hydrogen-bond acceptors (Lipinski definition) is 5.